The van der Waals surface area contributed by atoms with Gasteiger partial charge in [0.05, 0.1) is 0 Å². The van der Waals surface area contributed by atoms with Gasteiger partial charge in [-0.2, -0.15) is 0 Å². The third-order valence-electron chi connectivity index (χ3n) is 3.21. The first-order chi connectivity index (χ1) is 7.27. The molecule has 0 bridgehead atoms. The molecule has 0 saturated carbocycles. The lowest BCUT2D eigenvalue weighted by Gasteiger charge is -2.22. The quantitative estimate of drug-likeness (QED) is 0.801. The summed E-state index contributed by atoms with van der Waals surface area (Å²) in [5.74, 6) is 1.26. The molecule has 0 aromatic carbocycles. The standard InChI is InChI=1S/C13H20N2/c1-10(2)13-4-3-12(9-15-13)11-5-7-14-8-6-11/h3-4,9-11,14H,5-8H2,1-2H3. The van der Waals surface area contributed by atoms with E-state index in [2.05, 4.69) is 42.5 Å². The highest BCUT2D eigenvalue weighted by atomic mass is 14.9. The summed E-state index contributed by atoms with van der Waals surface area (Å²) in [6, 6.07) is 4.44. The summed E-state index contributed by atoms with van der Waals surface area (Å²) in [4.78, 5) is 4.53. The van der Waals surface area contributed by atoms with E-state index < -0.39 is 0 Å². The largest absolute Gasteiger partial charge is 0.317 e. The molecule has 0 radical (unpaired) electrons. The minimum Gasteiger partial charge on any atom is -0.317 e. The van der Waals surface area contributed by atoms with E-state index in [0.717, 1.165) is 19.0 Å². The van der Waals surface area contributed by atoms with E-state index in [1.807, 2.05) is 0 Å². The molecule has 1 aromatic heterocycles. The average Bonchev–Trinajstić information content (AvgIpc) is 2.30. The Morgan fingerprint density at radius 3 is 2.53 bits per heavy atom. The maximum absolute atomic E-state index is 4.53. The first kappa shape index (κ1) is 10.6. The summed E-state index contributed by atoms with van der Waals surface area (Å²) in [6.07, 6.45) is 4.58. The van der Waals surface area contributed by atoms with Gasteiger partial charge in [0.15, 0.2) is 0 Å². The highest BCUT2D eigenvalue weighted by Crippen LogP contribution is 2.25. The number of nitrogens with one attached hydrogen (secondary N) is 1. The van der Waals surface area contributed by atoms with Gasteiger partial charge in [-0.25, -0.2) is 0 Å². The zero-order valence-electron chi connectivity index (χ0n) is 9.66. The maximum Gasteiger partial charge on any atom is 0.0429 e. The van der Waals surface area contributed by atoms with E-state index in [1.165, 1.54) is 24.1 Å². The van der Waals surface area contributed by atoms with E-state index in [9.17, 15) is 0 Å². The Morgan fingerprint density at radius 2 is 2.00 bits per heavy atom. The molecule has 0 unspecified atom stereocenters. The highest BCUT2D eigenvalue weighted by molar-refractivity contribution is 5.20. The third kappa shape index (κ3) is 2.57. The predicted molar refractivity (Wildman–Crippen MR) is 63.2 cm³/mol. The first-order valence-electron chi connectivity index (χ1n) is 5.94. The summed E-state index contributed by atoms with van der Waals surface area (Å²) < 4.78 is 0. The molecule has 2 nitrogen and oxygen atoms in total. The second-order valence-electron chi connectivity index (χ2n) is 4.70. The van der Waals surface area contributed by atoms with Gasteiger partial charge in [-0.15, -0.1) is 0 Å². The minimum atomic E-state index is 0.534. The van der Waals surface area contributed by atoms with Gasteiger partial charge in [0.1, 0.15) is 0 Å². The number of piperidine rings is 1. The lowest BCUT2D eigenvalue weighted by molar-refractivity contribution is 0.459. The van der Waals surface area contributed by atoms with Crippen LogP contribution in [0.2, 0.25) is 0 Å². The van der Waals surface area contributed by atoms with Crippen molar-refractivity contribution >= 4 is 0 Å². The monoisotopic (exact) mass is 204 g/mol. The summed E-state index contributed by atoms with van der Waals surface area (Å²) >= 11 is 0. The Balaban J connectivity index is 2.08. The zero-order valence-corrected chi connectivity index (χ0v) is 9.66. The number of pyridine rings is 1. The van der Waals surface area contributed by atoms with Crippen LogP contribution in [0.5, 0.6) is 0 Å². The fourth-order valence-corrected chi connectivity index (χ4v) is 2.16. The van der Waals surface area contributed by atoms with Crippen molar-refractivity contribution in [2.24, 2.45) is 0 Å². The summed E-state index contributed by atoms with van der Waals surface area (Å²) in [6.45, 7) is 6.67. The molecule has 1 saturated heterocycles. The van der Waals surface area contributed by atoms with E-state index in [0.29, 0.717) is 5.92 Å². The normalized spacial score (nSPS) is 18.3. The molecule has 2 heteroatoms. The van der Waals surface area contributed by atoms with E-state index in [-0.39, 0.29) is 0 Å². The van der Waals surface area contributed by atoms with Gasteiger partial charge in [-0.05, 0) is 49.4 Å². The number of hydrogen-bond donors (Lipinski definition) is 1. The number of hydrogen-bond acceptors (Lipinski definition) is 2. The fraction of sp³-hybridized carbons (Fsp3) is 0.615. The second-order valence-corrected chi connectivity index (χ2v) is 4.70. The van der Waals surface area contributed by atoms with Gasteiger partial charge in [-0.1, -0.05) is 19.9 Å². The van der Waals surface area contributed by atoms with Crippen LogP contribution in [0, 0.1) is 0 Å². The molecule has 2 rings (SSSR count). The Labute approximate surface area is 92.1 Å². The van der Waals surface area contributed by atoms with Crippen molar-refractivity contribution in [3.05, 3.63) is 29.6 Å². The van der Waals surface area contributed by atoms with Crippen molar-refractivity contribution < 1.29 is 0 Å². The molecular formula is C13H20N2. The molecule has 1 aromatic rings. The first-order valence-corrected chi connectivity index (χ1v) is 5.94. The van der Waals surface area contributed by atoms with Gasteiger partial charge in [-0.3, -0.25) is 4.98 Å². The molecule has 1 aliphatic heterocycles. The van der Waals surface area contributed by atoms with Crippen LogP contribution in [0.1, 0.15) is 49.8 Å². The van der Waals surface area contributed by atoms with Gasteiger partial charge < -0.3 is 5.32 Å². The van der Waals surface area contributed by atoms with E-state index in [1.54, 1.807) is 0 Å². The smallest absolute Gasteiger partial charge is 0.0429 e. The Kier molecular flexibility index (Phi) is 3.37. The van der Waals surface area contributed by atoms with Crippen LogP contribution in [0.25, 0.3) is 0 Å². The minimum absolute atomic E-state index is 0.534. The average molecular weight is 204 g/mol. The predicted octanol–water partition coefficient (Wildman–Crippen LogP) is 2.67. The summed E-state index contributed by atoms with van der Waals surface area (Å²) in [7, 11) is 0. The third-order valence-corrected chi connectivity index (χ3v) is 3.21. The maximum atomic E-state index is 4.53. The highest BCUT2D eigenvalue weighted by Gasteiger charge is 2.15. The van der Waals surface area contributed by atoms with E-state index >= 15 is 0 Å². The van der Waals surface area contributed by atoms with Crippen LogP contribution in [-0.4, -0.2) is 18.1 Å². The molecule has 82 valence electrons. The lowest BCUT2D eigenvalue weighted by atomic mass is 9.91. The van der Waals surface area contributed by atoms with Crippen LogP contribution >= 0.6 is 0 Å². The number of aromatic nitrogens is 1. The van der Waals surface area contributed by atoms with Crippen LogP contribution in [0.15, 0.2) is 18.3 Å². The van der Waals surface area contributed by atoms with Crippen LogP contribution in [0.4, 0.5) is 0 Å². The zero-order chi connectivity index (χ0) is 10.7. The molecule has 0 amide bonds. The number of nitrogens with zero attached hydrogens (tertiary/aromatic N) is 1. The van der Waals surface area contributed by atoms with Crippen LogP contribution < -0.4 is 5.32 Å². The van der Waals surface area contributed by atoms with Gasteiger partial charge in [0.25, 0.3) is 0 Å². The Morgan fingerprint density at radius 1 is 1.27 bits per heavy atom. The van der Waals surface area contributed by atoms with E-state index in [4.69, 9.17) is 0 Å². The van der Waals surface area contributed by atoms with Gasteiger partial charge >= 0.3 is 0 Å². The van der Waals surface area contributed by atoms with Crippen molar-refractivity contribution in [3.8, 4) is 0 Å². The molecule has 1 aliphatic rings. The Hall–Kier alpha value is -0.890. The molecular weight excluding hydrogens is 184 g/mol. The molecule has 1 fully saturated rings. The van der Waals surface area contributed by atoms with Gasteiger partial charge in [0, 0.05) is 11.9 Å². The van der Waals surface area contributed by atoms with Crippen LogP contribution in [0.3, 0.4) is 0 Å². The van der Waals surface area contributed by atoms with Crippen molar-refractivity contribution in [2.45, 2.75) is 38.5 Å². The molecule has 0 atom stereocenters. The summed E-state index contributed by atoms with van der Waals surface area (Å²) in [5, 5.41) is 3.39. The molecule has 0 aliphatic carbocycles. The summed E-state index contributed by atoms with van der Waals surface area (Å²) in [5.41, 5.74) is 2.62. The van der Waals surface area contributed by atoms with Crippen LogP contribution in [-0.2, 0) is 0 Å². The number of rotatable bonds is 2. The Bertz CT molecular complexity index is 297. The molecule has 1 N–H and O–H groups in total. The fourth-order valence-electron chi connectivity index (χ4n) is 2.16. The topological polar surface area (TPSA) is 24.9 Å². The molecule has 2 heterocycles. The van der Waals surface area contributed by atoms with Crippen molar-refractivity contribution in [2.75, 3.05) is 13.1 Å². The SMILES string of the molecule is CC(C)c1ccc(C2CCNCC2)cn1. The van der Waals surface area contributed by atoms with Crippen molar-refractivity contribution in [1.29, 1.82) is 0 Å². The molecule has 0 spiro atoms. The van der Waals surface area contributed by atoms with Crippen molar-refractivity contribution in [1.82, 2.24) is 10.3 Å². The second kappa shape index (κ2) is 4.75. The van der Waals surface area contributed by atoms with Crippen molar-refractivity contribution in [3.63, 3.8) is 0 Å². The molecule has 15 heavy (non-hydrogen) atoms. The van der Waals surface area contributed by atoms with Gasteiger partial charge in [0.2, 0.25) is 0 Å². The lowest BCUT2D eigenvalue weighted by Crippen LogP contribution is -2.26.